The number of hydrogen-bond acceptors (Lipinski definition) is 3. The Morgan fingerprint density at radius 3 is 2.90 bits per heavy atom. The molecular formula is C7H11N3. The molecule has 0 bridgehead atoms. The van der Waals surface area contributed by atoms with E-state index in [1.54, 1.807) is 0 Å². The smallest absolute Gasteiger partial charge is 0.146 e. The molecule has 1 rings (SSSR count). The van der Waals surface area contributed by atoms with Crippen LogP contribution >= 0.6 is 0 Å². The molecule has 0 radical (unpaired) electrons. The van der Waals surface area contributed by atoms with Gasteiger partial charge in [0.2, 0.25) is 0 Å². The summed E-state index contributed by atoms with van der Waals surface area (Å²) < 4.78 is 51.1. The summed E-state index contributed by atoms with van der Waals surface area (Å²) in [5.41, 5.74) is 4.82. The van der Waals surface area contributed by atoms with Crippen molar-refractivity contribution in [3.63, 3.8) is 0 Å². The summed E-state index contributed by atoms with van der Waals surface area (Å²) in [7, 11) is 0. The maximum absolute atomic E-state index is 7.77. The van der Waals surface area contributed by atoms with Gasteiger partial charge in [0, 0.05) is 9.60 Å². The Labute approximate surface area is 70.1 Å². The van der Waals surface area contributed by atoms with Crippen LogP contribution in [-0.4, -0.2) is 10.2 Å². The second-order valence-electron chi connectivity index (χ2n) is 1.72. The van der Waals surface area contributed by atoms with Crippen LogP contribution < -0.4 is 5.73 Å². The van der Waals surface area contributed by atoms with Gasteiger partial charge in [0.25, 0.3) is 0 Å². The van der Waals surface area contributed by atoms with Crippen LogP contribution in [-0.2, 0) is 0 Å². The van der Waals surface area contributed by atoms with Crippen molar-refractivity contribution < 1.29 is 9.60 Å². The van der Waals surface area contributed by atoms with Gasteiger partial charge in [-0.15, -0.1) is 5.10 Å². The van der Waals surface area contributed by atoms with E-state index < -0.39 is 25.3 Å². The van der Waals surface area contributed by atoms with Crippen LogP contribution in [0, 0.1) is 0 Å². The third kappa shape index (κ3) is 1.43. The summed E-state index contributed by atoms with van der Waals surface area (Å²) in [6.45, 7) is -6.11. The van der Waals surface area contributed by atoms with Crippen molar-refractivity contribution in [1.29, 1.82) is 0 Å². The van der Waals surface area contributed by atoms with Crippen molar-refractivity contribution in [3.8, 4) is 0 Å². The average Bonchev–Trinajstić information content (AvgIpc) is 2.14. The van der Waals surface area contributed by atoms with Gasteiger partial charge >= 0.3 is 0 Å². The molecule has 0 aliphatic heterocycles. The first-order valence-electron chi connectivity index (χ1n) is 6.10. The first kappa shape index (κ1) is 2.19. The van der Waals surface area contributed by atoms with Crippen LogP contribution in [0.4, 0.5) is 5.82 Å². The molecule has 0 aromatic carbocycles. The number of anilines is 1. The van der Waals surface area contributed by atoms with Gasteiger partial charge in [-0.1, -0.05) is 13.7 Å². The lowest BCUT2D eigenvalue weighted by Crippen LogP contribution is -1.97. The molecular weight excluding hydrogens is 126 g/mol. The maximum atomic E-state index is 7.77. The zero-order chi connectivity index (χ0) is 13.5. The Morgan fingerprint density at radius 2 is 2.40 bits per heavy atom. The summed E-state index contributed by atoms with van der Waals surface area (Å²) in [5, 5.41) is 6.78. The Balaban J connectivity index is 3.41. The minimum Gasteiger partial charge on any atom is -0.382 e. The summed E-state index contributed by atoms with van der Waals surface area (Å²) in [6, 6.07) is 2.30. The predicted molar refractivity (Wildman–Crippen MR) is 40.5 cm³/mol. The van der Waals surface area contributed by atoms with Gasteiger partial charge in [-0.3, -0.25) is 0 Å². The van der Waals surface area contributed by atoms with Gasteiger partial charge in [-0.05, 0) is 18.0 Å². The van der Waals surface area contributed by atoms with Crippen molar-refractivity contribution in [3.05, 3.63) is 17.8 Å². The second kappa shape index (κ2) is 2.64. The highest BCUT2D eigenvalue weighted by atomic mass is 15.1. The van der Waals surface area contributed by atoms with Crippen LogP contribution in [0.3, 0.4) is 0 Å². The van der Waals surface area contributed by atoms with Crippen molar-refractivity contribution in [2.24, 2.45) is 0 Å². The molecule has 3 nitrogen and oxygen atoms in total. The molecule has 1 aromatic rings. The molecule has 0 amide bonds. The minimum absolute atomic E-state index is 0.0205. The number of nitrogens with zero attached hydrogens (tertiary/aromatic N) is 2. The molecule has 0 aliphatic carbocycles. The largest absolute Gasteiger partial charge is 0.382 e. The highest BCUT2D eigenvalue weighted by Crippen LogP contribution is 2.09. The maximum Gasteiger partial charge on any atom is 0.146 e. The average molecular weight is 144 g/mol. The van der Waals surface area contributed by atoms with E-state index in [4.69, 9.17) is 15.3 Å². The topological polar surface area (TPSA) is 51.8 Å². The fraction of sp³-hybridized carbons (Fsp3) is 0.429. The lowest BCUT2D eigenvalue weighted by atomic mass is 10.1. The van der Waals surface area contributed by atoms with Gasteiger partial charge in [-0.25, -0.2) is 0 Å². The van der Waals surface area contributed by atoms with E-state index in [1.807, 2.05) is 0 Å². The first-order valence-corrected chi connectivity index (χ1v) is 2.60. The van der Waals surface area contributed by atoms with E-state index in [9.17, 15) is 0 Å². The van der Waals surface area contributed by atoms with Crippen LogP contribution in [0.15, 0.2) is 12.1 Å². The third-order valence-corrected chi connectivity index (χ3v) is 0.941. The Morgan fingerprint density at radius 1 is 1.60 bits per heavy atom. The van der Waals surface area contributed by atoms with Crippen molar-refractivity contribution in [2.45, 2.75) is 19.6 Å². The van der Waals surface area contributed by atoms with Crippen molar-refractivity contribution in [1.82, 2.24) is 10.2 Å². The van der Waals surface area contributed by atoms with E-state index >= 15 is 0 Å². The minimum atomic E-state index is -3.05. The van der Waals surface area contributed by atoms with Crippen molar-refractivity contribution in [2.75, 3.05) is 5.73 Å². The molecule has 0 fully saturated rings. The van der Waals surface area contributed by atoms with Crippen LogP contribution in [0.5, 0.6) is 0 Å². The normalized spacial score (nSPS) is 24.2. The SMILES string of the molecule is [2H]C([2H])([2H])C([2H])(c1ccc(N)nn1)C([2H])([2H])[2H]. The molecule has 0 saturated heterocycles. The molecule has 1 heterocycles. The molecule has 10 heavy (non-hydrogen) atoms. The quantitative estimate of drug-likeness (QED) is 0.644. The molecule has 3 heteroatoms. The molecule has 0 aliphatic rings. The highest BCUT2D eigenvalue weighted by Gasteiger charge is 1.98. The second-order valence-corrected chi connectivity index (χ2v) is 1.72. The summed E-state index contributed by atoms with van der Waals surface area (Å²) >= 11 is 0. The lowest BCUT2D eigenvalue weighted by molar-refractivity contribution is 0.788. The van der Waals surface area contributed by atoms with Crippen LogP contribution in [0.2, 0.25) is 0 Å². The van der Waals surface area contributed by atoms with Crippen LogP contribution in [0.1, 0.15) is 34.9 Å². The number of aromatic nitrogens is 2. The van der Waals surface area contributed by atoms with Gasteiger partial charge < -0.3 is 5.73 Å². The van der Waals surface area contributed by atoms with E-state index in [0.717, 1.165) is 6.07 Å². The van der Waals surface area contributed by atoms with E-state index in [2.05, 4.69) is 10.2 Å². The van der Waals surface area contributed by atoms with Gasteiger partial charge in [0.05, 0.1) is 5.69 Å². The summed E-state index contributed by atoms with van der Waals surface area (Å²) in [4.78, 5) is 0. The molecule has 0 saturated carbocycles. The van der Waals surface area contributed by atoms with E-state index in [-0.39, 0.29) is 5.82 Å². The molecule has 0 atom stereocenters. The number of nitrogen functional groups attached to an aromatic ring is 1. The standard InChI is InChI=1S/C7H11N3/c1-5(2)6-3-4-7(8)10-9-6/h3-5H,1-2H3,(H2,8,10)/i1D3,2D3,5D. The summed E-state index contributed by atoms with van der Waals surface area (Å²) in [6.07, 6.45) is 0. The monoisotopic (exact) mass is 144 g/mol. The summed E-state index contributed by atoms with van der Waals surface area (Å²) in [5.74, 6) is -2.80. The van der Waals surface area contributed by atoms with Gasteiger partial charge in [0.15, 0.2) is 0 Å². The third-order valence-electron chi connectivity index (χ3n) is 0.941. The van der Waals surface area contributed by atoms with Gasteiger partial charge in [-0.2, -0.15) is 5.10 Å². The first-order chi connectivity index (χ1) is 7.50. The fourth-order valence-corrected chi connectivity index (χ4v) is 0.476. The Bertz CT molecular complexity index is 379. The van der Waals surface area contributed by atoms with E-state index in [1.165, 1.54) is 6.07 Å². The number of nitrogens with two attached hydrogens (primary N) is 1. The molecule has 0 unspecified atom stereocenters. The zero-order valence-electron chi connectivity index (χ0n) is 12.1. The predicted octanol–water partition coefficient (Wildman–Crippen LogP) is 1.18. The molecule has 2 N–H and O–H groups in total. The van der Waals surface area contributed by atoms with E-state index in [0.29, 0.717) is 0 Å². The fourth-order valence-electron chi connectivity index (χ4n) is 0.476. The lowest BCUT2D eigenvalue weighted by Gasteiger charge is -2.00. The number of hydrogen-bond donors (Lipinski definition) is 1. The Kier molecular flexibility index (Phi) is 0.578. The van der Waals surface area contributed by atoms with Crippen LogP contribution in [0.25, 0.3) is 0 Å². The number of rotatable bonds is 1. The Hall–Kier alpha value is -1.12. The van der Waals surface area contributed by atoms with Crippen molar-refractivity contribution >= 4 is 5.82 Å². The highest BCUT2D eigenvalue weighted by molar-refractivity contribution is 5.26. The van der Waals surface area contributed by atoms with Gasteiger partial charge in [0.1, 0.15) is 5.82 Å². The zero-order valence-corrected chi connectivity index (χ0v) is 5.13. The molecule has 1 aromatic heterocycles. The molecule has 0 spiro atoms. The molecule has 54 valence electrons.